The minimum atomic E-state index is 0.821. The summed E-state index contributed by atoms with van der Waals surface area (Å²) in [6, 6.07) is 9.80. The van der Waals surface area contributed by atoms with Crippen LogP contribution in [0.4, 0.5) is 0 Å². The molecule has 0 aliphatic heterocycles. The second-order valence-corrected chi connectivity index (χ2v) is 4.12. The highest BCUT2D eigenvalue weighted by Gasteiger charge is 2.07. The fourth-order valence-electron chi connectivity index (χ4n) is 2.04. The molecular formula is C14H13N3O. The molecule has 0 unspecified atom stereocenters. The molecule has 3 rings (SSSR count). The molecule has 0 amide bonds. The van der Waals surface area contributed by atoms with E-state index < -0.39 is 0 Å². The summed E-state index contributed by atoms with van der Waals surface area (Å²) in [4.78, 5) is 4.52. The summed E-state index contributed by atoms with van der Waals surface area (Å²) in [7, 11) is 1.66. The Morgan fingerprint density at radius 2 is 2.11 bits per heavy atom. The number of ether oxygens (including phenoxy) is 1. The van der Waals surface area contributed by atoms with Gasteiger partial charge in [0.2, 0.25) is 0 Å². The van der Waals surface area contributed by atoms with Gasteiger partial charge in [-0.05, 0) is 37.3 Å². The number of hydrogen-bond acceptors (Lipinski definition) is 3. The molecule has 0 fully saturated rings. The average molecular weight is 239 g/mol. The van der Waals surface area contributed by atoms with Crippen molar-refractivity contribution in [3.63, 3.8) is 0 Å². The molecule has 4 nitrogen and oxygen atoms in total. The van der Waals surface area contributed by atoms with Crippen molar-refractivity contribution in [3.05, 3.63) is 48.4 Å². The van der Waals surface area contributed by atoms with Gasteiger partial charge < -0.3 is 4.74 Å². The molecule has 1 aromatic carbocycles. The standard InChI is InChI=1S/C14H13N3O/c1-10-8-14(17-7-3-6-15-17)12-9-11(18-2)4-5-13(12)16-10/h3-9H,1-2H3. The molecule has 0 saturated heterocycles. The molecule has 0 saturated carbocycles. The Morgan fingerprint density at radius 1 is 1.22 bits per heavy atom. The van der Waals surface area contributed by atoms with E-state index >= 15 is 0 Å². The van der Waals surface area contributed by atoms with Gasteiger partial charge in [-0.1, -0.05) is 0 Å². The van der Waals surface area contributed by atoms with Crippen LogP contribution in [0.15, 0.2) is 42.7 Å². The van der Waals surface area contributed by atoms with Crippen molar-refractivity contribution >= 4 is 10.9 Å². The van der Waals surface area contributed by atoms with E-state index in [2.05, 4.69) is 10.1 Å². The van der Waals surface area contributed by atoms with Crippen LogP contribution in [0.3, 0.4) is 0 Å². The summed E-state index contributed by atoms with van der Waals surface area (Å²) in [5.41, 5.74) is 2.93. The number of methoxy groups -OCH3 is 1. The molecule has 90 valence electrons. The molecule has 3 aromatic rings. The summed E-state index contributed by atoms with van der Waals surface area (Å²) in [6.07, 6.45) is 3.69. The van der Waals surface area contributed by atoms with Gasteiger partial charge in [-0.25, -0.2) is 4.68 Å². The first-order valence-electron chi connectivity index (χ1n) is 5.73. The molecule has 0 bridgehead atoms. The SMILES string of the molecule is COc1ccc2nc(C)cc(-n3cccn3)c2c1. The highest BCUT2D eigenvalue weighted by molar-refractivity contribution is 5.88. The molecular weight excluding hydrogens is 226 g/mol. The van der Waals surface area contributed by atoms with Gasteiger partial charge in [-0.3, -0.25) is 4.98 Å². The van der Waals surface area contributed by atoms with E-state index in [4.69, 9.17) is 4.74 Å². The normalized spacial score (nSPS) is 10.8. The van der Waals surface area contributed by atoms with E-state index in [-0.39, 0.29) is 0 Å². The molecule has 0 atom stereocenters. The number of aromatic nitrogens is 3. The number of benzene rings is 1. The zero-order chi connectivity index (χ0) is 12.5. The van der Waals surface area contributed by atoms with Gasteiger partial charge in [-0.15, -0.1) is 0 Å². The molecule has 0 N–H and O–H groups in total. The second-order valence-electron chi connectivity index (χ2n) is 4.12. The predicted molar refractivity (Wildman–Crippen MR) is 70.2 cm³/mol. The first-order valence-corrected chi connectivity index (χ1v) is 5.73. The summed E-state index contributed by atoms with van der Waals surface area (Å²) >= 11 is 0. The van der Waals surface area contributed by atoms with Crippen LogP contribution < -0.4 is 4.74 Å². The zero-order valence-corrected chi connectivity index (χ0v) is 10.3. The third-order valence-electron chi connectivity index (χ3n) is 2.87. The van der Waals surface area contributed by atoms with E-state index in [0.29, 0.717) is 0 Å². The minimum absolute atomic E-state index is 0.821. The largest absolute Gasteiger partial charge is 0.497 e. The van der Waals surface area contributed by atoms with Gasteiger partial charge >= 0.3 is 0 Å². The topological polar surface area (TPSA) is 39.9 Å². The maximum Gasteiger partial charge on any atom is 0.119 e. The highest BCUT2D eigenvalue weighted by atomic mass is 16.5. The Morgan fingerprint density at radius 3 is 2.83 bits per heavy atom. The van der Waals surface area contributed by atoms with Crippen LogP contribution in [0.2, 0.25) is 0 Å². The van der Waals surface area contributed by atoms with Crippen LogP contribution in [-0.2, 0) is 0 Å². The maximum atomic E-state index is 5.27. The van der Waals surface area contributed by atoms with E-state index in [1.54, 1.807) is 13.3 Å². The zero-order valence-electron chi connectivity index (χ0n) is 10.3. The minimum Gasteiger partial charge on any atom is -0.497 e. The average Bonchev–Trinajstić information content (AvgIpc) is 2.91. The van der Waals surface area contributed by atoms with Crippen LogP contribution in [0, 0.1) is 6.92 Å². The third-order valence-corrected chi connectivity index (χ3v) is 2.87. The quantitative estimate of drug-likeness (QED) is 0.690. The van der Waals surface area contributed by atoms with E-state index in [9.17, 15) is 0 Å². The van der Waals surface area contributed by atoms with E-state index in [1.165, 1.54) is 0 Å². The van der Waals surface area contributed by atoms with Crippen LogP contribution in [-0.4, -0.2) is 21.9 Å². The Hall–Kier alpha value is -2.36. The molecule has 0 aliphatic carbocycles. The lowest BCUT2D eigenvalue weighted by Gasteiger charge is -2.09. The van der Waals surface area contributed by atoms with Crippen LogP contribution in [0.5, 0.6) is 5.75 Å². The summed E-state index contributed by atoms with van der Waals surface area (Å²) < 4.78 is 7.11. The number of pyridine rings is 1. The molecule has 18 heavy (non-hydrogen) atoms. The van der Waals surface area contributed by atoms with Crippen molar-refractivity contribution in [2.75, 3.05) is 7.11 Å². The lowest BCUT2D eigenvalue weighted by atomic mass is 10.1. The lowest BCUT2D eigenvalue weighted by molar-refractivity contribution is 0.415. The maximum absolute atomic E-state index is 5.27. The molecule has 0 spiro atoms. The molecule has 0 radical (unpaired) electrons. The Labute approximate surface area is 105 Å². The molecule has 4 heteroatoms. The van der Waals surface area contributed by atoms with Crippen molar-refractivity contribution in [1.82, 2.24) is 14.8 Å². The van der Waals surface area contributed by atoms with E-state index in [0.717, 1.165) is 28.0 Å². The monoisotopic (exact) mass is 239 g/mol. The first-order chi connectivity index (χ1) is 8.78. The molecule has 0 aliphatic rings. The van der Waals surface area contributed by atoms with Gasteiger partial charge in [0.25, 0.3) is 0 Å². The first kappa shape index (κ1) is 10.8. The van der Waals surface area contributed by atoms with Crippen LogP contribution >= 0.6 is 0 Å². The van der Waals surface area contributed by atoms with Crippen LogP contribution in [0.25, 0.3) is 16.6 Å². The van der Waals surface area contributed by atoms with Crippen molar-refractivity contribution in [2.45, 2.75) is 6.92 Å². The highest BCUT2D eigenvalue weighted by Crippen LogP contribution is 2.25. The second kappa shape index (κ2) is 4.14. The van der Waals surface area contributed by atoms with Gasteiger partial charge in [0.1, 0.15) is 5.75 Å². The summed E-state index contributed by atoms with van der Waals surface area (Å²) in [5, 5.41) is 5.31. The van der Waals surface area contributed by atoms with Gasteiger partial charge in [0.15, 0.2) is 0 Å². The van der Waals surface area contributed by atoms with Gasteiger partial charge in [-0.2, -0.15) is 5.10 Å². The number of hydrogen-bond donors (Lipinski definition) is 0. The lowest BCUT2D eigenvalue weighted by Crippen LogP contribution is -1.98. The predicted octanol–water partition coefficient (Wildman–Crippen LogP) is 2.74. The Balaban J connectivity index is 2.34. The smallest absolute Gasteiger partial charge is 0.119 e. The third kappa shape index (κ3) is 1.72. The van der Waals surface area contributed by atoms with Crippen LogP contribution in [0.1, 0.15) is 5.69 Å². The van der Waals surface area contributed by atoms with Crippen molar-refractivity contribution in [3.8, 4) is 11.4 Å². The molecule has 2 aromatic heterocycles. The fraction of sp³-hybridized carbons (Fsp3) is 0.143. The van der Waals surface area contributed by atoms with Crippen molar-refractivity contribution in [1.29, 1.82) is 0 Å². The summed E-state index contributed by atoms with van der Waals surface area (Å²) in [5.74, 6) is 0.821. The summed E-state index contributed by atoms with van der Waals surface area (Å²) in [6.45, 7) is 1.98. The van der Waals surface area contributed by atoms with Gasteiger partial charge in [0.05, 0.1) is 18.3 Å². The van der Waals surface area contributed by atoms with E-state index in [1.807, 2.05) is 48.1 Å². The Bertz CT molecular complexity index is 690. The number of rotatable bonds is 2. The van der Waals surface area contributed by atoms with Gasteiger partial charge in [0, 0.05) is 23.5 Å². The number of fused-ring (bicyclic) bond motifs is 1. The molecule has 2 heterocycles. The number of aryl methyl sites for hydroxylation is 1. The van der Waals surface area contributed by atoms with Crippen molar-refractivity contribution in [2.24, 2.45) is 0 Å². The Kier molecular flexibility index (Phi) is 2.48. The number of nitrogens with zero attached hydrogens (tertiary/aromatic N) is 3. The van der Waals surface area contributed by atoms with Crippen molar-refractivity contribution < 1.29 is 4.74 Å². The fourth-order valence-corrected chi connectivity index (χ4v) is 2.04.